The highest BCUT2D eigenvalue weighted by Gasteiger charge is 2.21. The van der Waals surface area contributed by atoms with Crippen molar-refractivity contribution in [1.82, 2.24) is 0 Å². The molecule has 0 aliphatic rings. The molecule has 0 aromatic heterocycles. The van der Waals surface area contributed by atoms with E-state index in [1.165, 1.54) is 32.4 Å². The van der Waals surface area contributed by atoms with Crippen LogP contribution >= 0.6 is 0 Å². The Kier molecular flexibility index (Phi) is 4.00. The lowest BCUT2D eigenvalue weighted by atomic mass is 10.1. The number of carbonyl (C=O) groups excluding carboxylic acids is 1. The summed E-state index contributed by atoms with van der Waals surface area (Å²) < 4.78 is 9.29. The van der Waals surface area contributed by atoms with Crippen molar-refractivity contribution in [3.8, 4) is 5.75 Å². The van der Waals surface area contributed by atoms with Gasteiger partial charge in [0.05, 0.1) is 19.1 Å². The lowest BCUT2D eigenvalue weighted by Gasteiger charge is -2.10. The predicted molar refractivity (Wildman–Crippen MR) is 58.6 cm³/mol. The maximum absolute atomic E-state index is 11.2. The van der Waals surface area contributed by atoms with Crippen molar-refractivity contribution >= 4 is 11.7 Å². The number of nitrogens with two attached hydrogens (primary N) is 1. The first-order valence-corrected chi connectivity index (χ1v) is 4.67. The summed E-state index contributed by atoms with van der Waals surface area (Å²) in [4.78, 5) is 21.4. The van der Waals surface area contributed by atoms with Crippen molar-refractivity contribution in [2.45, 2.75) is 6.04 Å². The summed E-state index contributed by atoms with van der Waals surface area (Å²) in [5.41, 5.74) is 5.62. The monoisotopic (exact) mass is 240 g/mol. The van der Waals surface area contributed by atoms with Gasteiger partial charge in [0.25, 0.3) is 0 Å². The van der Waals surface area contributed by atoms with Crippen LogP contribution in [0.2, 0.25) is 0 Å². The number of methoxy groups -OCH3 is 2. The van der Waals surface area contributed by atoms with E-state index in [1.807, 2.05) is 0 Å². The predicted octanol–water partition coefficient (Wildman–Crippen LogP) is 0.776. The highest BCUT2D eigenvalue weighted by atomic mass is 16.6. The van der Waals surface area contributed by atoms with E-state index in [0.29, 0.717) is 5.56 Å². The number of ether oxygens (including phenoxy) is 2. The summed E-state index contributed by atoms with van der Waals surface area (Å²) in [5.74, 6) is -0.555. The number of hydrogen-bond acceptors (Lipinski definition) is 6. The molecule has 1 aromatic carbocycles. The zero-order chi connectivity index (χ0) is 13.0. The number of esters is 1. The van der Waals surface area contributed by atoms with Crippen molar-refractivity contribution < 1.29 is 19.2 Å². The number of benzene rings is 1. The van der Waals surface area contributed by atoms with E-state index in [0.717, 1.165) is 0 Å². The molecule has 1 aromatic rings. The summed E-state index contributed by atoms with van der Waals surface area (Å²) in [5, 5.41) is 10.8. The van der Waals surface area contributed by atoms with Crippen LogP contribution in [-0.2, 0) is 9.53 Å². The second kappa shape index (κ2) is 5.26. The molecule has 2 N–H and O–H groups in total. The van der Waals surface area contributed by atoms with E-state index < -0.39 is 16.9 Å². The molecule has 1 unspecified atom stereocenters. The second-order valence-electron chi connectivity index (χ2n) is 3.19. The van der Waals surface area contributed by atoms with Crippen LogP contribution in [0.25, 0.3) is 0 Å². The molecule has 0 spiro atoms. The fraction of sp³-hybridized carbons (Fsp3) is 0.300. The summed E-state index contributed by atoms with van der Waals surface area (Å²) >= 11 is 0. The van der Waals surface area contributed by atoms with Crippen LogP contribution < -0.4 is 10.5 Å². The third kappa shape index (κ3) is 2.70. The zero-order valence-electron chi connectivity index (χ0n) is 9.38. The number of hydrogen-bond donors (Lipinski definition) is 1. The Balaban J connectivity index is 3.16. The van der Waals surface area contributed by atoms with Gasteiger partial charge in [0.1, 0.15) is 6.04 Å². The topological polar surface area (TPSA) is 105 Å². The highest BCUT2D eigenvalue weighted by molar-refractivity contribution is 5.77. The van der Waals surface area contributed by atoms with Gasteiger partial charge in [-0.3, -0.25) is 14.9 Å². The first kappa shape index (κ1) is 12.9. The Bertz CT molecular complexity index is 446. The molecule has 7 heteroatoms. The van der Waals surface area contributed by atoms with E-state index in [9.17, 15) is 14.9 Å². The minimum atomic E-state index is -1.05. The second-order valence-corrected chi connectivity index (χ2v) is 3.19. The average Bonchev–Trinajstić information content (AvgIpc) is 2.35. The van der Waals surface area contributed by atoms with Gasteiger partial charge in [-0.2, -0.15) is 0 Å². The quantitative estimate of drug-likeness (QED) is 0.473. The Morgan fingerprint density at radius 2 is 2.12 bits per heavy atom. The van der Waals surface area contributed by atoms with Gasteiger partial charge in [0, 0.05) is 6.07 Å². The van der Waals surface area contributed by atoms with Crippen molar-refractivity contribution in [2.75, 3.05) is 14.2 Å². The molecule has 17 heavy (non-hydrogen) atoms. The third-order valence-electron chi connectivity index (χ3n) is 2.21. The van der Waals surface area contributed by atoms with Gasteiger partial charge in [-0.05, 0) is 11.6 Å². The molecule has 1 atom stereocenters. The Morgan fingerprint density at radius 3 is 2.59 bits per heavy atom. The average molecular weight is 240 g/mol. The van der Waals surface area contributed by atoms with Gasteiger partial charge in [-0.15, -0.1) is 0 Å². The third-order valence-corrected chi connectivity index (χ3v) is 2.21. The van der Waals surface area contributed by atoms with E-state index >= 15 is 0 Å². The van der Waals surface area contributed by atoms with Crippen LogP contribution in [0.15, 0.2) is 18.2 Å². The van der Waals surface area contributed by atoms with Crippen LogP contribution in [-0.4, -0.2) is 25.1 Å². The van der Waals surface area contributed by atoms with Gasteiger partial charge < -0.3 is 15.2 Å². The van der Waals surface area contributed by atoms with Gasteiger partial charge in [0.2, 0.25) is 0 Å². The van der Waals surface area contributed by atoms with Crippen LogP contribution in [0.1, 0.15) is 11.6 Å². The van der Waals surface area contributed by atoms with E-state index in [-0.39, 0.29) is 11.4 Å². The van der Waals surface area contributed by atoms with E-state index in [1.54, 1.807) is 0 Å². The van der Waals surface area contributed by atoms with E-state index in [4.69, 9.17) is 10.5 Å². The fourth-order valence-electron chi connectivity index (χ4n) is 1.31. The van der Waals surface area contributed by atoms with Crippen molar-refractivity contribution in [1.29, 1.82) is 0 Å². The molecule has 0 heterocycles. The molecule has 92 valence electrons. The molecule has 0 amide bonds. The zero-order valence-corrected chi connectivity index (χ0v) is 9.38. The van der Waals surface area contributed by atoms with Gasteiger partial charge in [-0.25, -0.2) is 0 Å². The Labute approximate surface area is 97.3 Å². The largest absolute Gasteiger partial charge is 0.490 e. The van der Waals surface area contributed by atoms with E-state index in [2.05, 4.69) is 4.74 Å². The SMILES string of the molecule is COC(=O)C(N)c1ccc(OC)c([N+](=O)[O-])c1. The van der Waals surface area contributed by atoms with Gasteiger partial charge in [-0.1, -0.05) is 6.07 Å². The Morgan fingerprint density at radius 1 is 1.47 bits per heavy atom. The first-order valence-electron chi connectivity index (χ1n) is 4.67. The summed E-state index contributed by atoms with van der Waals surface area (Å²) in [6.07, 6.45) is 0. The minimum absolute atomic E-state index is 0.107. The summed E-state index contributed by atoms with van der Waals surface area (Å²) in [6, 6.07) is 3.01. The van der Waals surface area contributed by atoms with Gasteiger partial charge in [0.15, 0.2) is 5.75 Å². The maximum Gasteiger partial charge on any atom is 0.327 e. The fourth-order valence-corrected chi connectivity index (χ4v) is 1.31. The normalized spacial score (nSPS) is 11.7. The molecule has 0 saturated heterocycles. The Hall–Kier alpha value is -2.15. The molecule has 0 aliphatic carbocycles. The van der Waals surface area contributed by atoms with Crippen molar-refractivity contribution in [3.63, 3.8) is 0 Å². The molecular formula is C10H12N2O5. The summed E-state index contributed by atoms with van der Waals surface area (Å²) in [6.45, 7) is 0. The van der Waals surface area contributed by atoms with Crippen LogP contribution in [0.5, 0.6) is 5.75 Å². The molecule has 0 saturated carbocycles. The number of nitro groups is 1. The van der Waals surface area contributed by atoms with Crippen LogP contribution in [0, 0.1) is 10.1 Å². The molecule has 1 rings (SSSR count). The number of nitrogens with zero attached hydrogens (tertiary/aromatic N) is 1. The van der Waals surface area contributed by atoms with Crippen molar-refractivity contribution in [3.05, 3.63) is 33.9 Å². The lowest BCUT2D eigenvalue weighted by molar-refractivity contribution is -0.385. The highest BCUT2D eigenvalue weighted by Crippen LogP contribution is 2.29. The smallest absolute Gasteiger partial charge is 0.327 e. The molecule has 0 aliphatic heterocycles. The molecule has 0 radical (unpaired) electrons. The maximum atomic E-state index is 11.2. The number of carbonyl (C=O) groups is 1. The van der Waals surface area contributed by atoms with Crippen LogP contribution in [0.3, 0.4) is 0 Å². The summed E-state index contributed by atoms with van der Waals surface area (Å²) in [7, 11) is 2.52. The first-order chi connectivity index (χ1) is 8.01. The standard InChI is InChI=1S/C10H12N2O5/c1-16-8-4-3-6(5-7(8)12(14)15)9(11)10(13)17-2/h3-5,9H,11H2,1-2H3. The van der Waals surface area contributed by atoms with Crippen molar-refractivity contribution in [2.24, 2.45) is 5.73 Å². The number of rotatable bonds is 4. The van der Waals surface area contributed by atoms with Crippen LogP contribution in [0.4, 0.5) is 5.69 Å². The van der Waals surface area contributed by atoms with Gasteiger partial charge >= 0.3 is 11.7 Å². The molecular weight excluding hydrogens is 228 g/mol. The minimum Gasteiger partial charge on any atom is -0.490 e. The lowest BCUT2D eigenvalue weighted by Crippen LogP contribution is -2.22. The molecule has 0 bridgehead atoms. The molecule has 0 fully saturated rings. The number of nitro benzene ring substituents is 1. The molecule has 7 nitrogen and oxygen atoms in total.